The van der Waals surface area contributed by atoms with Gasteiger partial charge >= 0.3 is 5.97 Å². The van der Waals surface area contributed by atoms with Crippen molar-refractivity contribution in [3.63, 3.8) is 0 Å². The highest BCUT2D eigenvalue weighted by Gasteiger charge is 2.07. The van der Waals surface area contributed by atoms with Gasteiger partial charge in [-0.05, 0) is 41.8 Å². The Balaban J connectivity index is 1.80. The molecule has 3 rings (SSSR count). The van der Waals surface area contributed by atoms with Gasteiger partial charge in [0.25, 0.3) is 0 Å². The van der Waals surface area contributed by atoms with Crippen molar-refractivity contribution < 1.29 is 19.0 Å². The SMILES string of the molecule is O=C(O)c1ccc2sc(COc3cccc(F)c3)cc2c1. The third-order valence-corrected chi connectivity index (χ3v) is 4.08. The number of thiophene rings is 1. The highest BCUT2D eigenvalue weighted by Crippen LogP contribution is 2.27. The number of hydrogen-bond acceptors (Lipinski definition) is 3. The van der Waals surface area contributed by atoms with Gasteiger partial charge in [-0.2, -0.15) is 0 Å². The molecule has 0 amide bonds. The van der Waals surface area contributed by atoms with Crippen molar-refractivity contribution in [1.82, 2.24) is 0 Å². The molecular weight excluding hydrogens is 291 g/mol. The fourth-order valence-electron chi connectivity index (χ4n) is 2.01. The Morgan fingerprint density at radius 3 is 2.81 bits per heavy atom. The second kappa shape index (κ2) is 5.54. The van der Waals surface area contributed by atoms with Crippen LogP contribution in [0, 0.1) is 5.82 Å². The van der Waals surface area contributed by atoms with Crippen molar-refractivity contribution in [2.45, 2.75) is 6.61 Å². The Morgan fingerprint density at radius 1 is 1.19 bits per heavy atom. The van der Waals surface area contributed by atoms with Crippen LogP contribution in [0.4, 0.5) is 4.39 Å². The van der Waals surface area contributed by atoms with Crippen LogP contribution in [0.3, 0.4) is 0 Å². The largest absolute Gasteiger partial charge is 0.488 e. The Bertz CT molecular complexity index is 810. The summed E-state index contributed by atoms with van der Waals surface area (Å²) in [7, 11) is 0. The van der Waals surface area contributed by atoms with Crippen LogP contribution in [-0.2, 0) is 6.61 Å². The van der Waals surface area contributed by atoms with Crippen molar-refractivity contribution in [3.05, 3.63) is 64.8 Å². The van der Waals surface area contributed by atoms with E-state index in [1.54, 1.807) is 30.3 Å². The predicted octanol–water partition coefficient (Wildman–Crippen LogP) is 4.32. The van der Waals surface area contributed by atoms with Crippen molar-refractivity contribution in [1.29, 1.82) is 0 Å². The van der Waals surface area contributed by atoms with E-state index in [0.717, 1.165) is 15.0 Å². The quantitative estimate of drug-likeness (QED) is 0.781. The Hall–Kier alpha value is -2.40. The van der Waals surface area contributed by atoms with Gasteiger partial charge in [-0.3, -0.25) is 0 Å². The molecule has 0 atom stereocenters. The topological polar surface area (TPSA) is 46.5 Å². The van der Waals surface area contributed by atoms with Crippen LogP contribution in [0.5, 0.6) is 5.75 Å². The summed E-state index contributed by atoms with van der Waals surface area (Å²) in [6, 6.07) is 12.9. The number of halogens is 1. The minimum Gasteiger partial charge on any atom is -0.488 e. The first-order valence-electron chi connectivity index (χ1n) is 6.26. The van der Waals surface area contributed by atoms with Crippen LogP contribution in [0.25, 0.3) is 10.1 Å². The maximum atomic E-state index is 13.0. The van der Waals surface area contributed by atoms with Crippen LogP contribution in [0.15, 0.2) is 48.5 Å². The van der Waals surface area contributed by atoms with E-state index < -0.39 is 5.97 Å². The highest BCUT2D eigenvalue weighted by atomic mass is 32.1. The van der Waals surface area contributed by atoms with Crippen LogP contribution in [-0.4, -0.2) is 11.1 Å². The average molecular weight is 302 g/mol. The van der Waals surface area contributed by atoms with Crippen LogP contribution >= 0.6 is 11.3 Å². The number of aromatic carboxylic acids is 1. The minimum absolute atomic E-state index is 0.262. The molecular formula is C16H11FO3S. The van der Waals surface area contributed by atoms with Crippen molar-refractivity contribution in [3.8, 4) is 5.75 Å². The maximum Gasteiger partial charge on any atom is 0.335 e. The van der Waals surface area contributed by atoms with E-state index in [1.807, 2.05) is 6.07 Å². The number of hydrogen-bond donors (Lipinski definition) is 1. The van der Waals surface area contributed by atoms with Crippen molar-refractivity contribution in [2.24, 2.45) is 0 Å². The predicted molar refractivity (Wildman–Crippen MR) is 79.5 cm³/mol. The van der Waals surface area contributed by atoms with E-state index in [-0.39, 0.29) is 11.4 Å². The molecule has 2 aromatic carbocycles. The molecule has 0 aliphatic carbocycles. The normalized spacial score (nSPS) is 10.7. The van der Waals surface area contributed by atoms with Gasteiger partial charge in [-0.1, -0.05) is 6.07 Å². The van der Waals surface area contributed by atoms with Gasteiger partial charge in [-0.25, -0.2) is 9.18 Å². The standard InChI is InChI=1S/C16H11FO3S/c17-12-2-1-3-13(8-12)20-9-14-7-11-6-10(16(18)19)4-5-15(11)21-14/h1-8H,9H2,(H,18,19). The molecule has 0 spiro atoms. The molecule has 0 aliphatic rings. The summed E-state index contributed by atoms with van der Waals surface area (Å²) in [6.45, 7) is 0.325. The first-order valence-corrected chi connectivity index (χ1v) is 7.07. The summed E-state index contributed by atoms with van der Waals surface area (Å²) in [5.74, 6) is -0.811. The van der Waals surface area contributed by atoms with Crippen LogP contribution < -0.4 is 4.74 Å². The van der Waals surface area contributed by atoms with E-state index in [0.29, 0.717) is 12.4 Å². The third-order valence-electron chi connectivity index (χ3n) is 2.99. The first kappa shape index (κ1) is 13.6. The zero-order valence-corrected chi connectivity index (χ0v) is 11.7. The van der Waals surface area contributed by atoms with Crippen LogP contribution in [0.2, 0.25) is 0 Å². The van der Waals surface area contributed by atoms with E-state index in [9.17, 15) is 9.18 Å². The summed E-state index contributed by atoms with van der Waals surface area (Å²) in [5, 5.41) is 9.85. The monoisotopic (exact) mass is 302 g/mol. The first-order chi connectivity index (χ1) is 10.1. The average Bonchev–Trinajstić information content (AvgIpc) is 2.87. The number of fused-ring (bicyclic) bond motifs is 1. The lowest BCUT2D eigenvalue weighted by Gasteiger charge is -2.03. The van der Waals surface area contributed by atoms with Crippen LogP contribution in [0.1, 0.15) is 15.2 Å². The van der Waals surface area contributed by atoms with E-state index >= 15 is 0 Å². The molecule has 0 saturated heterocycles. The van der Waals surface area contributed by atoms with Crippen molar-refractivity contribution in [2.75, 3.05) is 0 Å². The summed E-state index contributed by atoms with van der Waals surface area (Å²) in [4.78, 5) is 11.9. The van der Waals surface area contributed by atoms with Gasteiger partial charge < -0.3 is 9.84 Å². The van der Waals surface area contributed by atoms with Gasteiger partial charge in [0.1, 0.15) is 18.2 Å². The number of carboxylic acid groups (broad SMARTS) is 1. The molecule has 1 aromatic heterocycles. The van der Waals surface area contributed by atoms with Crippen molar-refractivity contribution >= 4 is 27.4 Å². The minimum atomic E-state index is -0.944. The van der Waals surface area contributed by atoms with Gasteiger partial charge in [0.05, 0.1) is 5.56 Å². The van der Waals surface area contributed by atoms with E-state index in [1.165, 1.54) is 23.5 Å². The number of rotatable bonds is 4. The fourth-order valence-corrected chi connectivity index (χ4v) is 2.97. The Kier molecular flexibility index (Phi) is 3.58. The Morgan fingerprint density at radius 2 is 2.05 bits per heavy atom. The summed E-state index contributed by atoms with van der Waals surface area (Å²) >= 11 is 1.53. The molecule has 106 valence electrons. The molecule has 0 unspecified atom stereocenters. The number of carboxylic acids is 1. The maximum absolute atomic E-state index is 13.0. The summed E-state index contributed by atoms with van der Waals surface area (Å²) in [5.41, 5.74) is 0.262. The third kappa shape index (κ3) is 3.03. The number of ether oxygens (including phenoxy) is 1. The molecule has 0 bridgehead atoms. The van der Waals surface area contributed by atoms with Gasteiger partial charge in [0.2, 0.25) is 0 Å². The molecule has 0 saturated carbocycles. The van der Waals surface area contributed by atoms with Gasteiger partial charge in [0.15, 0.2) is 0 Å². The summed E-state index contributed by atoms with van der Waals surface area (Å²) in [6.07, 6.45) is 0. The Labute approximate surface area is 124 Å². The van der Waals surface area contributed by atoms with E-state index in [4.69, 9.17) is 9.84 Å². The summed E-state index contributed by atoms with van der Waals surface area (Å²) < 4.78 is 19.6. The molecule has 0 radical (unpaired) electrons. The molecule has 0 aliphatic heterocycles. The molecule has 0 fully saturated rings. The lowest BCUT2D eigenvalue weighted by molar-refractivity contribution is 0.0697. The zero-order valence-electron chi connectivity index (χ0n) is 10.9. The number of benzene rings is 2. The van der Waals surface area contributed by atoms with Gasteiger partial charge in [-0.15, -0.1) is 11.3 Å². The molecule has 1 heterocycles. The molecule has 5 heteroatoms. The lowest BCUT2D eigenvalue weighted by Crippen LogP contribution is -1.94. The second-order valence-electron chi connectivity index (χ2n) is 4.52. The van der Waals surface area contributed by atoms with E-state index in [2.05, 4.69) is 0 Å². The number of carbonyl (C=O) groups is 1. The highest BCUT2D eigenvalue weighted by molar-refractivity contribution is 7.19. The molecule has 3 aromatic rings. The second-order valence-corrected chi connectivity index (χ2v) is 5.68. The fraction of sp³-hybridized carbons (Fsp3) is 0.0625. The lowest BCUT2D eigenvalue weighted by atomic mass is 10.1. The van der Waals surface area contributed by atoms with Gasteiger partial charge in [0, 0.05) is 15.6 Å². The molecule has 3 nitrogen and oxygen atoms in total. The zero-order chi connectivity index (χ0) is 14.8. The molecule has 21 heavy (non-hydrogen) atoms. The smallest absolute Gasteiger partial charge is 0.335 e. The molecule has 1 N–H and O–H groups in total.